The summed E-state index contributed by atoms with van der Waals surface area (Å²) in [7, 11) is 0. The molecule has 6 nitrogen and oxygen atoms in total. The Balaban J connectivity index is 1.39. The number of carbonyl (C=O) groups is 1. The highest BCUT2D eigenvalue weighted by atomic mass is 79.9. The molecule has 1 amide bonds. The fraction of sp³-hybridized carbons (Fsp3) is 0.286. The quantitative estimate of drug-likeness (QED) is 0.612. The highest BCUT2D eigenvalue weighted by molar-refractivity contribution is 9.10. The molecule has 3 aromatic rings. The maximum atomic E-state index is 13.1. The molecule has 0 unspecified atom stereocenters. The number of hydrogen-bond acceptors (Lipinski definition) is 4. The van der Waals surface area contributed by atoms with E-state index in [-0.39, 0.29) is 11.8 Å². The molecule has 2 aliphatic heterocycles. The van der Waals surface area contributed by atoms with E-state index in [0.717, 1.165) is 46.6 Å². The van der Waals surface area contributed by atoms with E-state index in [1.54, 1.807) is 0 Å². The number of fused-ring (bicyclic) bond motifs is 2. The number of hydrogen-bond donors (Lipinski definition) is 0. The van der Waals surface area contributed by atoms with Crippen molar-refractivity contribution < 1.29 is 9.53 Å². The van der Waals surface area contributed by atoms with E-state index < -0.39 is 0 Å². The second-order valence-electron chi connectivity index (χ2n) is 7.22. The van der Waals surface area contributed by atoms with Crippen LogP contribution in [0.15, 0.2) is 52.6 Å². The third-order valence-electron chi connectivity index (χ3n) is 5.37. The molecule has 142 valence electrons. The number of aromatic nitrogens is 3. The van der Waals surface area contributed by atoms with Crippen LogP contribution >= 0.6 is 15.9 Å². The highest BCUT2D eigenvalue weighted by Gasteiger charge is 2.30. The van der Waals surface area contributed by atoms with Crippen molar-refractivity contribution in [1.29, 1.82) is 0 Å². The minimum absolute atomic E-state index is 0.0455. The van der Waals surface area contributed by atoms with Gasteiger partial charge in [-0.05, 0) is 49.2 Å². The van der Waals surface area contributed by atoms with Crippen molar-refractivity contribution in [3.05, 3.63) is 64.0 Å². The average Bonchev–Trinajstić information content (AvgIpc) is 3.17. The third kappa shape index (κ3) is 3.09. The summed E-state index contributed by atoms with van der Waals surface area (Å²) in [5.41, 5.74) is 2.46. The van der Waals surface area contributed by atoms with E-state index in [1.165, 1.54) is 0 Å². The molecule has 1 saturated heterocycles. The van der Waals surface area contributed by atoms with Crippen LogP contribution in [0, 0.1) is 0 Å². The topological polar surface area (TPSA) is 59.7 Å². The van der Waals surface area contributed by atoms with E-state index in [9.17, 15) is 4.79 Å². The lowest BCUT2D eigenvalue weighted by Gasteiger charge is -2.33. The Morgan fingerprint density at radius 2 is 2.14 bits per heavy atom. The molecule has 7 heteroatoms. The molecule has 5 rings (SSSR count). The van der Waals surface area contributed by atoms with E-state index in [1.807, 2.05) is 58.0 Å². The molecule has 1 aromatic carbocycles. The van der Waals surface area contributed by atoms with Crippen LogP contribution in [0.1, 0.15) is 30.1 Å². The van der Waals surface area contributed by atoms with Gasteiger partial charge in [-0.2, -0.15) is 0 Å². The molecule has 28 heavy (non-hydrogen) atoms. The largest absolute Gasteiger partial charge is 0.488 e. The molecule has 4 heterocycles. The number of halogens is 1. The zero-order chi connectivity index (χ0) is 19.1. The summed E-state index contributed by atoms with van der Waals surface area (Å²) in [6, 6.07) is 11.7. The van der Waals surface area contributed by atoms with Gasteiger partial charge in [0.2, 0.25) is 0 Å². The predicted octanol–water partition coefficient (Wildman–Crippen LogP) is 3.67. The molecule has 0 N–H and O–H groups in total. The molecule has 0 bridgehead atoms. The maximum Gasteiger partial charge on any atom is 0.253 e. The second kappa shape index (κ2) is 7.05. The Kier molecular flexibility index (Phi) is 4.39. The first-order chi connectivity index (χ1) is 13.7. The van der Waals surface area contributed by atoms with Crippen molar-refractivity contribution in [2.45, 2.75) is 18.8 Å². The first kappa shape index (κ1) is 17.4. The molecule has 1 fully saturated rings. The minimum atomic E-state index is 0.0455. The first-order valence-corrected chi connectivity index (χ1v) is 10.2. The number of likely N-dealkylation sites (tertiary alicyclic amines) is 1. The molecule has 0 aliphatic carbocycles. The number of piperidine rings is 1. The summed E-state index contributed by atoms with van der Waals surface area (Å²) in [5, 5.41) is 8.66. The number of ether oxygens (including phenoxy) is 1. The van der Waals surface area contributed by atoms with Gasteiger partial charge in [0, 0.05) is 35.2 Å². The van der Waals surface area contributed by atoms with E-state index in [4.69, 9.17) is 4.74 Å². The van der Waals surface area contributed by atoms with Crippen molar-refractivity contribution >= 4 is 33.6 Å². The average molecular weight is 439 g/mol. The highest BCUT2D eigenvalue weighted by Crippen LogP contribution is 2.31. The Labute approximate surface area is 171 Å². The molecule has 0 radical (unpaired) electrons. The van der Waals surface area contributed by atoms with Gasteiger partial charge in [0.25, 0.3) is 5.91 Å². The minimum Gasteiger partial charge on any atom is -0.488 e. The molecule has 2 aromatic heterocycles. The maximum absolute atomic E-state index is 13.1. The summed E-state index contributed by atoms with van der Waals surface area (Å²) in [6.07, 6.45) is 5.89. The summed E-state index contributed by atoms with van der Waals surface area (Å²) in [4.78, 5) is 15.1. The molecular formula is C21H19BrN4O2. The van der Waals surface area contributed by atoms with Gasteiger partial charge in [0.1, 0.15) is 18.2 Å². The number of benzene rings is 1. The van der Waals surface area contributed by atoms with E-state index >= 15 is 0 Å². The van der Waals surface area contributed by atoms with Crippen molar-refractivity contribution in [2.75, 3.05) is 19.7 Å². The number of nitrogens with zero attached hydrogens (tertiary/aromatic N) is 4. The van der Waals surface area contributed by atoms with Gasteiger partial charge in [0.05, 0.1) is 5.57 Å². The van der Waals surface area contributed by atoms with Gasteiger partial charge in [-0.3, -0.25) is 9.20 Å². The van der Waals surface area contributed by atoms with Gasteiger partial charge >= 0.3 is 0 Å². The van der Waals surface area contributed by atoms with Crippen LogP contribution in [0.2, 0.25) is 0 Å². The Morgan fingerprint density at radius 3 is 3.07 bits per heavy atom. The van der Waals surface area contributed by atoms with Gasteiger partial charge in [-0.15, -0.1) is 10.2 Å². The van der Waals surface area contributed by atoms with Gasteiger partial charge in [0.15, 0.2) is 5.65 Å². The van der Waals surface area contributed by atoms with Crippen LogP contribution in [0.3, 0.4) is 0 Å². The fourth-order valence-corrected chi connectivity index (χ4v) is 4.36. The lowest BCUT2D eigenvalue weighted by atomic mass is 9.96. The van der Waals surface area contributed by atoms with Gasteiger partial charge in [-0.1, -0.05) is 22.0 Å². The van der Waals surface area contributed by atoms with Crippen LogP contribution in [0.25, 0.3) is 11.7 Å². The number of rotatable bonds is 2. The summed E-state index contributed by atoms with van der Waals surface area (Å²) in [5.74, 6) is 1.97. The zero-order valence-electron chi connectivity index (χ0n) is 15.2. The SMILES string of the molecule is O=C(C1=Cc2cc(Br)ccc2OC1)N1CCC[C@@H](c2nnc3ccccn23)C1. The van der Waals surface area contributed by atoms with Crippen LogP contribution in [-0.4, -0.2) is 45.1 Å². The van der Waals surface area contributed by atoms with Gasteiger partial charge in [-0.25, -0.2) is 0 Å². The predicted molar refractivity (Wildman–Crippen MR) is 109 cm³/mol. The van der Waals surface area contributed by atoms with Crippen molar-refractivity contribution in [3.63, 3.8) is 0 Å². The van der Waals surface area contributed by atoms with Crippen LogP contribution in [0.5, 0.6) is 5.75 Å². The smallest absolute Gasteiger partial charge is 0.253 e. The van der Waals surface area contributed by atoms with Crippen molar-refractivity contribution in [3.8, 4) is 5.75 Å². The fourth-order valence-electron chi connectivity index (χ4n) is 3.99. The van der Waals surface area contributed by atoms with Crippen LogP contribution in [-0.2, 0) is 4.79 Å². The number of amides is 1. The molecule has 0 spiro atoms. The standard InChI is InChI=1S/C21H19BrN4O2/c22-17-6-7-18-15(11-17)10-16(13-28-18)21(27)25-8-3-4-14(12-25)20-24-23-19-5-1-2-9-26(19)20/h1-2,5-7,9-11,14H,3-4,8,12-13H2/t14-/m1/s1. The summed E-state index contributed by atoms with van der Waals surface area (Å²) < 4.78 is 8.79. The third-order valence-corrected chi connectivity index (χ3v) is 5.87. The molecule has 2 aliphatic rings. The Bertz CT molecular complexity index is 1090. The Morgan fingerprint density at radius 1 is 1.21 bits per heavy atom. The number of pyridine rings is 1. The van der Waals surface area contributed by atoms with E-state index in [0.29, 0.717) is 18.7 Å². The molecular weight excluding hydrogens is 420 g/mol. The monoisotopic (exact) mass is 438 g/mol. The van der Waals surface area contributed by atoms with E-state index in [2.05, 4.69) is 26.1 Å². The van der Waals surface area contributed by atoms with Crippen LogP contribution < -0.4 is 4.74 Å². The molecule has 0 saturated carbocycles. The lowest BCUT2D eigenvalue weighted by Crippen LogP contribution is -2.41. The zero-order valence-corrected chi connectivity index (χ0v) is 16.8. The van der Waals surface area contributed by atoms with Gasteiger partial charge < -0.3 is 9.64 Å². The molecule has 1 atom stereocenters. The number of carbonyl (C=O) groups excluding carboxylic acids is 1. The van der Waals surface area contributed by atoms with Crippen LogP contribution in [0.4, 0.5) is 0 Å². The normalized spacial score (nSPS) is 19.1. The van der Waals surface area contributed by atoms with Crippen molar-refractivity contribution in [1.82, 2.24) is 19.5 Å². The Hall–Kier alpha value is -2.67. The van der Waals surface area contributed by atoms with Crippen molar-refractivity contribution in [2.24, 2.45) is 0 Å². The first-order valence-electron chi connectivity index (χ1n) is 9.41. The summed E-state index contributed by atoms with van der Waals surface area (Å²) >= 11 is 3.48. The lowest BCUT2D eigenvalue weighted by molar-refractivity contribution is -0.128. The second-order valence-corrected chi connectivity index (χ2v) is 8.13. The summed E-state index contributed by atoms with van der Waals surface area (Å²) in [6.45, 7) is 1.72.